The van der Waals surface area contributed by atoms with Crippen LogP contribution in [-0.4, -0.2) is 48.1 Å². The number of rotatable bonds is 6. The Hall–Kier alpha value is -1.27. The van der Waals surface area contributed by atoms with E-state index in [9.17, 15) is 4.79 Å². The Balaban J connectivity index is 2.52. The molecule has 116 valence electrons. The van der Waals surface area contributed by atoms with E-state index in [2.05, 4.69) is 24.1 Å². The molecule has 0 saturated carbocycles. The fourth-order valence-corrected chi connectivity index (χ4v) is 2.56. The van der Waals surface area contributed by atoms with E-state index < -0.39 is 0 Å². The standard InChI is InChI=1S/C15H23N3OS2/c1-5-18(6-2)13-9-7-12(8-10-13)16-14(19)11-21-15(20)17(3)4/h7-10H,5-6,11H2,1-4H3,(H,16,19). The van der Waals surface area contributed by atoms with Crippen molar-refractivity contribution in [1.29, 1.82) is 0 Å². The van der Waals surface area contributed by atoms with Gasteiger partial charge in [0.2, 0.25) is 5.91 Å². The molecule has 0 atom stereocenters. The van der Waals surface area contributed by atoms with Gasteiger partial charge < -0.3 is 15.1 Å². The predicted octanol–water partition coefficient (Wildman–Crippen LogP) is 3.05. The number of benzene rings is 1. The van der Waals surface area contributed by atoms with Gasteiger partial charge in [0.1, 0.15) is 4.32 Å². The van der Waals surface area contributed by atoms with Crippen LogP contribution in [0.1, 0.15) is 13.8 Å². The lowest BCUT2D eigenvalue weighted by Gasteiger charge is -2.21. The van der Waals surface area contributed by atoms with Crippen molar-refractivity contribution in [3.63, 3.8) is 0 Å². The van der Waals surface area contributed by atoms with Crippen LogP contribution in [0.3, 0.4) is 0 Å². The highest BCUT2D eigenvalue weighted by atomic mass is 32.2. The SMILES string of the molecule is CCN(CC)c1ccc(NC(=O)CSC(=S)N(C)C)cc1. The summed E-state index contributed by atoms with van der Waals surface area (Å²) >= 11 is 6.50. The molecule has 0 saturated heterocycles. The zero-order valence-corrected chi connectivity index (χ0v) is 14.7. The number of anilines is 2. The van der Waals surface area contributed by atoms with Gasteiger partial charge in [-0.25, -0.2) is 0 Å². The van der Waals surface area contributed by atoms with Crippen LogP contribution in [0.25, 0.3) is 0 Å². The van der Waals surface area contributed by atoms with Crippen LogP contribution in [0, 0.1) is 0 Å². The Labute approximate surface area is 136 Å². The molecule has 0 aliphatic rings. The Morgan fingerprint density at radius 1 is 1.19 bits per heavy atom. The summed E-state index contributed by atoms with van der Waals surface area (Å²) in [5.41, 5.74) is 1.98. The van der Waals surface area contributed by atoms with Gasteiger partial charge in [0.05, 0.1) is 5.75 Å². The van der Waals surface area contributed by atoms with Crippen LogP contribution in [0.5, 0.6) is 0 Å². The van der Waals surface area contributed by atoms with Crippen molar-refractivity contribution < 1.29 is 4.79 Å². The lowest BCUT2D eigenvalue weighted by atomic mass is 10.2. The van der Waals surface area contributed by atoms with Crippen LogP contribution >= 0.6 is 24.0 Å². The van der Waals surface area contributed by atoms with Gasteiger partial charge in [0.25, 0.3) is 0 Å². The second-order valence-electron chi connectivity index (χ2n) is 4.72. The Bertz CT molecular complexity index is 470. The molecule has 6 heteroatoms. The highest BCUT2D eigenvalue weighted by Crippen LogP contribution is 2.18. The summed E-state index contributed by atoms with van der Waals surface area (Å²) in [5.74, 6) is 0.286. The van der Waals surface area contributed by atoms with Crippen LogP contribution < -0.4 is 10.2 Å². The molecule has 0 heterocycles. The van der Waals surface area contributed by atoms with E-state index in [0.717, 1.165) is 18.8 Å². The minimum Gasteiger partial charge on any atom is -0.372 e. The van der Waals surface area contributed by atoms with Crippen LogP contribution in [0.15, 0.2) is 24.3 Å². The van der Waals surface area contributed by atoms with Gasteiger partial charge in [-0.2, -0.15) is 0 Å². The number of thioether (sulfide) groups is 1. The van der Waals surface area contributed by atoms with Crippen LogP contribution in [0.2, 0.25) is 0 Å². The summed E-state index contributed by atoms with van der Waals surface area (Å²) in [4.78, 5) is 15.9. The van der Waals surface area contributed by atoms with E-state index >= 15 is 0 Å². The summed E-state index contributed by atoms with van der Waals surface area (Å²) in [7, 11) is 3.75. The first kappa shape index (κ1) is 17.8. The van der Waals surface area contributed by atoms with Gasteiger partial charge in [0, 0.05) is 38.6 Å². The van der Waals surface area contributed by atoms with Crippen molar-refractivity contribution in [2.24, 2.45) is 0 Å². The number of nitrogens with one attached hydrogen (secondary N) is 1. The molecule has 0 aliphatic heterocycles. The quantitative estimate of drug-likeness (QED) is 0.814. The highest BCUT2D eigenvalue weighted by molar-refractivity contribution is 8.23. The van der Waals surface area contributed by atoms with Gasteiger partial charge in [0.15, 0.2) is 0 Å². The predicted molar refractivity (Wildman–Crippen MR) is 97.4 cm³/mol. The van der Waals surface area contributed by atoms with E-state index in [4.69, 9.17) is 12.2 Å². The van der Waals surface area contributed by atoms with Gasteiger partial charge in [-0.1, -0.05) is 24.0 Å². The maximum atomic E-state index is 11.9. The number of hydrogen-bond donors (Lipinski definition) is 1. The third-order valence-electron chi connectivity index (χ3n) is 2.97. The minimum atomic E-state index is -0.0419. The molecule has 1 N–H and O–H groups in total. The fourth-order valence-electron chi connectivity index (χ4n) is 1.80. The van der Waals surface area contributed by atoms with E-state index in [1.54, 1.807) is 0 Å². The average Bonchev–Trinajstić information content (AvgIpc) is 2.47. The summed E-state index contributed by atoms with van der Waals surface area (Å²) in [5, 5.41) is 2.88. The van der Waals surface area contributed by atoms with Crippen molar-refractivity contribution in [1.82, 2.24) is 4.90 Å². The molecular weight excluding hydrogens is 302 g/mol. The molecule has 0 bridgehead atoms. The topological polar surface area (TPSA) is 35.6 Å². The number of hydrogen-bond acceptors (Lipinski definition) is 4. The maximum absolute atomic E-state index is 11.9. The Kier molecular flexibility index (Phi) is 7.53. The van der Waals surface area contributed by atoms with Crippen molar-refractivity contribution in [3.8, 4) is 0 Å². The molecule has 1 amide bonds. The van der Waals surface area contributed by atoms with Crippen molar-refractivity contribution in [3.05, 3.63) is 24.3 Å². The number of amides is 1. The van der Waals surface area contributed by atoms with Gasteiger partial charge in [-0.3, -0.25) is 4.79 Å². The van der Waals surface area contributed by atoms with E-state index in [-0.39, 0.29) is 5.91 Å². The molecule has 1 aromatic carbocycles. The van der Waals surface area contributed by atoms with Crippen molar-refractivity contribution >= 4 is 45.6 Å². The van der Waals surface area contributed by atoms with Gasteiger partial charge >= 0.3 is 0 Å². The van der Waals surface area contributed by atoms with Gasteiger partial charge in [-0.05, 0) is 38.1 Å². The third-order valence-corrected chi connectivity index (χ3v) is 4.71. The smallest absolute Gasteiger partial charge is 0.234 e. The molecule has 0 unspecified atom stereocenters. The molecule has 4 nitrogen and oxygen atoms in total. The molecule has 0 spiro atoms. The maximum Gasteiger partial charge on any atom is 0.234 e. The summed E-state index contributed by atoms with van der Waals surface area (Å²) in [6, 6.07) is 7.92. The fraction of sp³-hybridized carbons (Fsp3) is 0.467. The molecule has 0 aromatic heterocycles. The third kappa shape index (κ3) is 5.93. The second-order valence-corrected chi connectivity index (χ2v) is 6.33. The lowest BCUT2D eigenvalue weighted by Crippen LogP contribution is -2.22. The zero-order valence-electron chi connectivity index (χ0n) is 13.0. The van der Waals surface area contributed by atoms with Crippen LogP contribution in [-0.2, 0) is 4.79 Å². The van der Waals surface area contributed by atoms with Crippen molar-refractivity contribution in [2.45, 2.75) is 13.8 Å². The minimum absolute atomic E-state index is 0.0419. The van der Waals surface area contributed by atoms with E-state index in [1.165, 1.54) is 17.4 Å². The molecule has 1 rings (SSSR count). The summed E-state index contributed by atoms with van der Waals surface area (Å²) in [6.07, 6.45) is 0. The largest absolute Gasteiger partial charge is 0.372 e. The first-order valence-electron chi connectivity index (χ1n) is 6.96. The molecule has 0 fully saturated rings. The monoisotopic (exact) mass is 325 g/mol. The van der Waals surface area contributed by atoms with Crippen LogP contribution in [0.4, 0.5) is 11.4 Å². The van der Waals surface area contributed by atoms with E-state index in [0.29, 0.717) is 10.1 Å². The first-order chi connectivity index (χ1) is 9.97. The zero-order chi connectivity index (χ0) is 15.8. The average molecular weight is 326 g/mol. The number of carbonyl (C=O) groups excluding carboxylic acids is 1. The Morgan fingerprint density at radius 2 is 1.76 bits per heavy atom. The lowest BCUT2D eigenvalue weighted by molar-refractivity contribution is -0.113. The summed E-state index contributed by atoms with van der Waals surface area (Å²) in [6.45, 7) is 6.20. The van der Waals surface area contributed by atoms with E-state index in [1.807, 2.05) is 43.3 Å². The molecule has 0 radical (unpaired) electrons. The normalized spacial score (nSPS) is 10.1. The summed E-state index contributed by atoms with van der Waals surface area (Å²) < 4.78 is 0.710. The van der Waals surface area contributed by atoms with Gasteiger partial charge in [-0.15, -0.1) is 0 Å². The number of carbonyl (C=O) groups is 1. The highest BCUT2D eigenvalue weighted by Gasteiger charge is 2.07. The molecular formula is C15H23N3OS2. The second kappa shape index (κ2) is 8.89. The van der Waals surface area contributed by atoms with Crippen molar-refractivity contribution in [2.75, 3.05) is 43.2 Å². The first-order valence-corrected chi connectivity index (χ1v) is 8.36. The molecule has 21 heavy (non-hydrogen) atoms. The molecule has 1 aromatic rings. The Morgan fingerprint density at radius 3 is 2.24 bits per heavy atom. The number of nitrogens with zero attached hydrogens (tertiary/aromatic N) is 2. The molecule has 0 aliphatic carbocycles. The number of thiocarbonyl (C=S) groups is 1.